The van der Waals surface area contributed by atoms with Crippen LogP contribution in [0.4, 0.5) is 0 Å². The Morgan fingerprint density at radius 1 is 1.62 bits per heavy atom. The van der Waals surface area contributed by atoms with Crippen molar-refractivity contribution in [2.24, 2.45) is 10.4 Å². The summed E-state index contributed by atoms with van der Waals surface area (Å²) in [6.07, 6.45) is 3.99. The number of nitrogens with zero attached hydrogens (tertiary/aromatic N) is 1. The van der Waals surface area contributed by atoms with E-state index in [0.717, 1.165) is 6.54 Å². The third kappa shape index (κ3) is 2.63. The zero-order chi connectivity index (χ0) is 9.31. The maximum absolute atomic E-state index is 4.64. The lowest BCUT2D eigenvalue weighted by molar-refractivity contribution is 0.583. The largest absolute Gasteiger partial charge is 0.362 e. The van der Waals surface area contributed by atoms with Gasteiger partial charge in [0.2, 0.25) is 0 Å². The minimum atomic E-state index is 0.552. The first kappa shape index (κ1) is 9.38. The van der Waals surface area contributed by atoms with E-state index in [2.05, 4.69) is 24.2 Å². The second-order valence-corrected chi connectivity index (χ2v) is 5.70. The molecule has 0 aromatic carbocycles. The Hall–Kier alpha value is -0.180. The first-order valence-corrected chi connectivity index (χ1v) is 6.10. The number of thioether (sulfide) groups is 1. The number of amidine groups is 1. The number of rotatable bonds is 2. The van der Waals surface area contributed by atoms with Crippen LogP contribution in [0.1, 0.15) is 33.1 Å². The summed E-state index contributed by atoms with van der Waals surface area (Å²) in [5, 5.41) is 4.60. The average Bonchev–Trinajstić information content (AvgIpc) is 2.82. The molecule has 2 aliphatic rings. The predicted octanol–water partition coefficient (Wildman–Crippen LogP) is 2.26. The summed E-state index contributed by atoms with van der Waals surface area (Å²) in [5.74, 6) is 1.23. The summed E-state index contributed by atoms with van der Waals surface area (Å²) in [7, 11) is 0. The second-order valence-electron chi connectivity index (χ2n) is 4.61. The van der Waals surface area contributed by atoms with Crippen LogP contribution in [0, 0.1) is 5.41 Å². The van der Waals surface area contributed by atoms with E-state index in [9.17, 15) is 0 Å². The van der Waals surface area contributed by atoms with Gasteiger partial charge in [0.15, 0.2) is 5.17 Å². The highest BCUT2D eigenvalue weighted by Gasteiger charge is 2.37. The van der Waals surface area contributed by atoms with Gasteiger partial charge in [-0.05, 0) is 31.6 Å². The Kier molecular flexibility index (Phi) is 2.54. The molecule has 0 bridgehead atoms. The first-order chi connectivity index (χ1) is 6.18. The molecule has 0 amide bonds. The van der Waals surface area contributed by atoms with Crippen molar-refractivity contribution in [3.8, 4) is 0 Å². The van der Waals surface area contributed by atoms with Gasteiger partial charge < -0.3 is 5.32 Å². The molecule has 3 heteroatoms. The number of hydrogen-bond donors (Lipinski definition) is 1. The van der Waals surface area contributed by atoms with Gasteiger partial charge in [0.1, 0.15) is 0 Å². The fourth-order valence-electron chi connectivity index (χ4n) is 1.38. The van der Waals surface area contributed by atoms with E-state index < -0.39 is 0 Å². The predicted molar refractivity (Wildman–Crippen MR) is 59.3 cm³/mol. The zero-order valence-electron chi connectivity index (χ0n) is 8.47. The third-order valence-electron chi connectivity index (χ3n) is 2.87. The van der Waals surface area contributed by atoms with Gasteiger partial charge in [-0.3, -0.25) is 4.99 Å². The molecule has 2 rings (SSSR count). The Balaban J connectivity index is 1.84. The van der Waals surface area contributed by atoms with Crippen LogP contribution < -0.4 is 5.32 Å². The van der Waals surface area contributed by atoms with Crippen LogP contribution in [-0.4, -0.2) is 23.5 Å². The van der Waals surface area contributed by atoms with Crippen LogP contribution in [0.15, 0.2) is 4.99 Å². The zero-order valence-corrected chi connectivity index (χ0v) is 9.28. The maximum atomic E-state index is 4.64. The molecule has 1 N–H and O–H groups in total. The van der Waals surface area contributed by atoms with Gasteiger partial charge in [0, 0.05) is 18.3 Å². The molecule has 2 nitrogen and oxygen atoms in total. The fraction of sp³-hybridized carbons (Fsp3) is 0.900. The molecule has 0 aromatic heterocycles. The molecule has 0 aromatic rings. The van der Waals surface area contributed by atoms with Crippen LogP contribution in [0.2, 0.25) is 0 Å². The van der Waals surface area contributed by atoms with Crippen LogP contribution >= 0.6 is 11.8 Å². The summed E-state index contributed by atoms with van der Waals surface area (Å²) in [6.45, 7) is 5.58. The molecule has 1 heterocycles. The molecule has 1 atom stereocenters. The molecule has 74 valence electrons. The Bertz CT molecular complexity index is 221. The van der Waals surface area contributed by atoms with Crippen molar-refractivity contribution in [2.75, 3.05) is 12.3 Å². The van der Waals surface area contributed by atoms with Gasteiger partial charge in [-0.2, -0.15) is 0 Å². The minimum absolute atomic E-state index is 0.552. The molecular formula is C10H18N2S. The second kappa shape index (κ2) is 3.52. The summed E-state index contributed by atoms with van der Waals surface area (Å²) in [4.78, 5) is 4.64. The smallest absolute Gasteiger partial charge is 0.156 e. The monoisotopic (exact) mass is 198 g/mol. The molecule has 1 aliphatic carbocycles. The first-order valence-electron chi connectivity index (χ1n) is 5.12. The van der Waals surface area contributed by atoms with Gasteiger partial charge >= 0.3 is 0 Å². The van der Waals surface area contributed by atoms with Crippen molar-refractivity contribution in [3.05, 3.63) is 0 Å². The van der Waals surface area contributed by atoms with E-state index in [1.54, 1.807) is 0 Å². The van der Waals surface area contributed by atoms with Gasteiger partial charge in [-0.1, -0.05) is 18.7 Å². The van der Waals surface area contributed by atoms with Crippen molar-refractivity contribution < 1.29 is 0 Å². The van der Waals surface area contributed by atoms with E-state index in [1.165, 1.54) is 30.2 Å². The van der Waals surface area contributed by atoms with Crippen LogP contribution in [0.3, 0.4) is 0 Å². The van der Waals surface area contributed by atoms with Gasteiger partial charge in [-0.15, -0.1) is 0 Å². The normalized spacial score (nSPS) is 34.3. The lowest BCUT2D eigenvalue weighted by Crippen LogP contribution is -2.35. The van der Waals surface area contributed by atoms with Gasteiger partial charge in [-0.25, -0.2) is 0 Å². The van der Waals surface area contributed by atoms with Crippen molar-refractivity contribution >= 4 is 16.9 Å². The summed E-state index contributed by atoms with van der Waals surface area (Å²) in [5.41, 5.74) is 0.552. The standard InChI is InChI=1S/C10H18N2S/c1-8-3-6-13-9(12-8)11-7-10(2)4-5-10/h8H,3-7H2,1-2H3,(H,11,12). The molecule has 0 spiro atoms. The van der Waals surface area contributed by atoms with Gasteiger partial charge in [0.05, 0.1) is 0 Å². The average molecular weight is 198 g/mol. The third-order valence-corrected chi connectivity index (χ3v) is 3.83. The molecule has 1 saturated carbocycles. The maximum Gasteiger partial charge on any atom is 0.156 e. The lowest BCUT2D eigenvalue weighted by Gasteiger charge is -2.22. The van der Waals surface area contributed by atoms with Crippen molar-refractivity contribution in [1.82, 2.24) is 5.32 Å². The van der Waals surface area contributed by atoms with Crippen LogP contribution in [-0.2, 0) is 0 Å². The Morgan fingerprint density at radius 3 is 3.00 bits per heavy atom. The highest BCUT2D eigenvalue weighted by atomic mass is 32.2. The number of aliphatic imine (C=N–C) groups is 1. The van der Waals surface area contributed by atoms with E-state index >= 15 is 0 Å². The molecule has 1 saturated heterocycles. The van der Waals surface area contributed by atoms with Crippen molar-refractivity contribution in [2.45, 2.75) is 39.2 Å². The Labute approximate surface area is 84.6 Å². The summed E-state index contributed by atoms with van der Waals surface area (Å²) < 4.78 is 0. The molecule has 1 unspecified atom stereocenters. The quantitative estimate of drug-likeness (QED) is 0.736. The highest BCUT2D eigenvalue weighted by molar-refractivity contribution is 8.13. The lowest BCUT2D eigenvalue weighted by atomic mass is 10.1. The molecule has 13 heavy (non-hydrogen) atoms. The molecular weight excluding hydrogens is 180 g/mol. The number of hydrogen-bond acceptors (Lipinski definition) is 2. The topological polar surface area (TPSA) is 24.4 Å². The molecule has 1 aliphatic heterocycles. The number of nitrogens with one attached hydrogen (secondary N) is 1. The minimum Gasteiger partial charge on any atom is -0.362 e. The highest BCUT2D eigenvalue weighted by Crippen LogP contribution is 2.45. The molecule has 2 fully saturated rings. The van der Waals surface area contributed by atoms with Crippen LogP contribution in [0.25, 0.3) is 0 Å². The van der Waals surface area contributed by atoms with Crippen LogP contribution in [0.5, 0.6) is 0 Å². The van der Waals surface area contributed by atoms with E-state index in [0.29, 0.717) is 11.5 Å². The van der Waals surface area contributed by atoms with E-state index in [4.69, 9.17) is 0 Å². The summed E-state index contributed by atoms with van der Waals surface area (Å²) >= 11 is 1.87. The summed E-state index contributed by atoms with van der Waals surface area (Å²) in [6, 6.07) is 0.618. The SMILES string of the molecule is CC1CCSC(=NCC2(C)CC2)N1. The van der Waals surface area contributed by atoms with E-state index in [1.807, 2.05) is 11.8 Å². The van der Waals surface area contributed by atoms with Gasteiger partial charge in [0.25, 0.3) is 0 Å². The van der Waals surface area contributed by atoms with Crippen molar-refractivity contribution in [1.29, 1.82) is 0 Å². The Morgan fingerprint density at radius 2 is 2.38 bits per heavy atom. The van der Waals surface area contributed by atoms with Crippen molar-refractivity contribution in [3.63, 3.8) is 0 Å². The van der Waals surface area contributed by atoms with E-state index in [-0.39, 0.29) is 0 Å². The fourth-order valence-corrected chi connectivity index (χ4v) is 2.49. The molecule has 0 radical (unpaired) electrons.